The molecular weight excluding hydrogens is 93.1 g/mol. The lowest BCUT2D eigenvalue weighted by atomic mass is 10.6. The highest BCUT2D eigenvalue weighted by Gasteiger charge is 1.72. The Hall–Kier alpha value is -0.660. The van der Waals surface area contributed by atoms with Crippen LogP contribution in [0.3, 0.4) is 0 Å². The molecule has 0 fully saturated rings. The molecule has 2 heteroatoms. The van der Waals surface area contributed by atoms with Crippen LogP contribution >= 0.6 is 0 Å². The van der Waals surface area contributed by atoms with E-state index in [1.165, 1.54) is 19.3 Å². The van der Waals surface area contributed by atoms with Gasteiger partial charge in [-0.2, -0.15) is 0 Å². The molecule has 0 atom stereocenters. The number of hydrogen-bond acceptors (Lipinski definition) is 1. The molecule has 0 radical (unpaired) electrons. The molecule has 0 heterocycles. The molecule has 0 bridgehead atoms. The van der Waals surface area contributed by atoms with Crippen LogP contribution in [0.4, 0.5) is 4.39 Å². The lowest BCUT2D eigenvalue weighted by Gasteiger charge is -1.73. The first-order valence-corrected chi connectivity index (χ1v) is 2.07. The molecule has 0 amide bonds. The van der Waals surface area contributed by atoms with Gasteiger partial charge in [-0.25, -0.2) is 4.39 Å². The molecule has 0 aromatic carbocycles. The van der Waals surface area contributed by atoms with Crippen LogP contribution in [0.5, 0.6) is 0 Å². The molecule has 0 rings (SSSR count). The summed E-state index contributed by atoms with van der Waals surface area (Å²) in [5.74, 6) is -0.266. The van der Waals surface area contributed by atoms with Crippen LogP contribution in [0.2, 0.25) is 0 Å². The molecule has 0 aromatic rings. The second-order valence-electron chi connectivity index (χ2n) is 1.12. The first-order valence-electron chi connectivity index (χ1n) is 2.07. The second kappa shape index (κ2) is 3.53. The molecule has 0 aliphatic carbocycles. The molecule has 0 aliphatic heterocycles. The van der Waals surface area contributed by atoms with E-state index in [4.69, 9.17) is 0 Å². The van der Waals surface area contributed by atoms with Crippen molar-refractivity contribution >= 4 is 6.21 Å². The zero-order chi connectivity index (χ0) is 5.70. The van der Waals surface area contributed by atoms with Gasteiger partial charge in [0.25, 0.3) is 0 Å². The monoisotopic (exact) mass is 101 g/mol. The Morgan fingerprint density at radius 3 is 2.43 bits per heavy atom. The summed E-state index contributed by atoms with van der Waals surface area (Å²) in [5.41, 5.74) is 0. The van der Waals surface area contributed by atoms with E-state index in [-0.39, 0.29) is 5.83 Å². The summed E-state index contributed by atoms with van der Waals surface area (Å²) < 4.78 is 11.6. The van der Waals surface area contributed by atoms with Gasteiger partial charge in [0.05, 0.1) is 6.20 Å². The van der Waals surface area contributed by atoms with Crippen molar-refractivity contribution in [1.29, 1.82) is 0 Å². The molecule has 7 heavy (non-hydrogen) atoms. The van der Waals surface area contributed by atoms with Crippen molar-refractivity contribution in [3.8, 4) is 0 Å². The standard InChI is InChI=1S/C5H8FN/c1-3-7-4-5(2)6/h3-4H,1-2H3/b5-4+,7-3+. The average Bonchev–Trinajstić information content (AvgIpc) is 1.61. The third kappa shape index (κ3) is 5.34. The van der Waals surface area contributed by atoms with Crippen LogP contribution in [-0.2, 0) is 0 Å². The van der Waals surface area contributed by atoms with Crippen molar-refractivity contribution in [1.82, 2.24) is 0 Å². The highest BCUT2D eigenvalue weighted by molar-refractivity contribution is 5.54. The fourth-order valence-corrected chi connectivity index (χ4v) is 0.177. The van der Waals surface area contributed by atoms with E-state index < -0.39 is 0 Å². The lowest BCUT2D eigenvalue weighted by Crippen LogP contribution is -1.57. The molecular formula is C5H8FN. The van der Waals surface area contributed by atoms with Gasteiger partial charge in [-0.3, -0.25) is 4.99 Å². The van der Waals surface area contributed by atoms with Gasteiger partial charge in [-0.1, -0.05) is 0 Å². The summed E-state index contributed by atoms with van der Waals surface area (Å²) in [6, 6.07) is 0. The highest BCUT2D eigenvalue weighted by Crippen LogP contribution is 1.90. The SMILES string of the molecule is C/C=N/C=C(\C)F. The third-order valence-electron chi connectivity index (χ3n) is 0.402. The van der Waals surface area contributed by atoms with Crippen molar-refractivity contribution in [2.75, 3.05) is 0 Å². The van der Waals surface area contributed by atoms with Gasteiger partial charge in [-0.05, 0) is 13.8 Å². The van der Waals surface area contributed by atoms with Gasteiger partial charge in [0, 0.05) is 6.21 Å². The van der Waals surface area contributed by atoms with Crippen molar-refractivity contribution in [3.05, 3.63) is 12.0 Å². The van der Waals surface area contributed by atoms with Crippen molar-refractivity contribution in [3.63, 3.8) is 0 Å². The van der Waals surface area contributed by atoms with Crippen LogP contribution in [-0.4, -0.2) is 6.21 Å². The van der Waals surface area contributed by atoms with Crippen molar-refractivity contribution in [2.45, 2.75) is 13.8 Å². The molecule has 0 aromatic heterocycles. The molecule has 0 saturated heterocycles. The predicted octanol–water partition coefficient (Wildman–Crippen LogP) is 1.91. The van der Waals surface area contributed by atoms with Gasteiger partial charge in [-0.15, -0.1) is 0 Å². The number of nitrogens with zero attached hydrogens (tertiary/aromatic N) is 1. The van der Waals surface area contributed by atoms with Crippen molar-refractivity contribution in [2.24, 2.45) is 4.99 Å². The minimum atomic E-state index is -0.266. The van der Waals surface area contributed by atoms with Gasteiger partial charge in [0.1, 0.15) is 5.83 Å². The number of rotatable bonds is 1. The van der Waals surface area contributed by atoms with Gasteiger partial charge >= 0.3 is 0 Å². The summed E-state index contributed by atoms with van der Waals surface area (Å²) in [5, 5.41) is 0. The Balaban J connectivity index is 3.46. The topological polar surface area (TPSA) is 12.4 Å². The maximum Gasteiger partial charge on any atom is 0.115 e. The summed E-state index contributed by atoms with van der Waals surface area (Å²) in [6.07, 6.45) is 2.70. The number of aliphatic imine (C=N–C) groups is 1. The summed E-state index contributed by atoms with van der Waals surface area (Å²) in [7, 11) is 0. The largest absolute Gasteiger partial charge is 0.267 e. The van der Waals surface area contributed by atoms with Crippen LogP contribution in [0.25, 0.3) is 0 Å². The molecule has 0 spiro atoms. The maximum atomic E-state index is 11.6. The minimum Gasteiger partial charge on any atom is -0.267 e. The number of halogens is 1. The molecule has 0 saturated carbocycles. The number of allylic oxidation sites excluding steroid dienone is 1. The van der Waals surface area contributed by atoms with Crippen molar-refractivity contribution < 1.29 is 4.39 Å². The van der Waals surface area contributed by atoms with Gasteiger partial charge < -0.3 is 0 Å². The van der Waals surface area contributed by atoms with E-state index in [1.807, 2.05) is 0 Å². The Labute approximate surface area is 42.6 Å². The zero-order valence-corrected chi connectivity index (χ0v) is 4.48. The molecule has 0 aliphatic rings. The van der Waals surface area contributed by atoms with Crippen LogP contribution in [0, 0.1) is 0 Å². The Kier molecular flexibility index (Phi) is 3.19. The fourth-order valence-electron chi connectivity index (χ4n) is 0.177. The van der Waals surface area contributed by atoms with E-state index in [0.717, 1.165) is 0 Å². The van der Waals surface area contributed by atoms with E-state index in [0.29, 0.717) is 0 Å². The molecule has 40 valence electrons. The van der Waals surface area contributed by atoms with Gasteiger partial charge in [0.15, 0.2) is 0 Å². The summed E-state index contributed by atoms with van der Waals surface area (Å²) in [6.45, 7) is 3.09. The normalized spacial score (nSPS) is 13.3. The van der Waals surface area contributed by atoms with Gasteiger partial charge in [0.2, 0.25) is 0 Å². The fraction of sp³-hybridized carbons (Fsp3) is 0.400. The molecule has 0 N–H and O–H groups in total. The zero-order valence-electron chi connectivity index (χ0n) is 4.48. The van der Waals surface area contributed by atoms with E-state index >= 15 is 0 Å². The second-order valence-corrected chi connectivity index (χ2v) is 1.12. The van der Waals surface area contributed by atoms with Crippen LogP contribution in [0.15, 0.2) is 17.0 Å². The van der Waals surface area contributed by atoms with Crippen LogP contribution < -0.4 is 0 Å². The Morgan fingerprint density at radius 1 is 1.71 bits per heavy atom. The quantitative estimate of drug-likeness (QED) is 0.447. The first kappa shape index (κ1) is 6.34. The van der Waals surface area contributed by atoms with E-state index in [2.05, 4.69) is 4.99 Å². The van der Waals surface area contributed by atoms with E-state index in [1.54, 1.807) is 6.92 Å². The highest BCUT2D eigenvalue weighted by atomic mass is 19.1. The number of hydrogen-bond donors (Lipinski definition) is 0. The summed E-state index contributed by atoms with van der Waals surface area (Å²) >= 11 is 0. The smallest absolute Gasteiger partial charge is 0.115 e. The Morgan fingerprint density at radius 2 is 2.29 bits per heavy atom. The Bertz CT molecular complexity index is 90.3. The predicted molar refractivity (Wildman–Crippen MR) is 29.0 cm³/mol. The molecule has 1 nitrogen and oxygen atoms in total. The maximum absolute atomic E-state index is 11.6. The minimum absolute atomic E-state index is 0.266. The third-order valence-corrected chi connectivity index (χ3v) is 0.402. The summed E-state index contributed by atoms with van der Waals surface area (Å²) in [4.78, 5) is 3.51. The average molecular weight is 101 g/mol. The van der Waals surface area contributed by atoms with Crippen LogP contribution in [0.1, 0.15) is 13.8 Å². The first-order chi connectivity index (χ1) is 3.27. The van der Waals surface area contributed by atoms with E-state index in [9.17, 15) is 4.39 Å². The molecule has 0 unspecified atom stereocenters. The lowest BCUT2D eigenvalue weighted by molar-refractivity contribution is 0.637.